The molecule has 2 N–H and O–H groups in total. The standard InChI is InChI=1S/C12H13ClO3/c1-7-6-8(13)2-3-9(7)12(4-5-12)10(14)11(15)16/h2-3,6,10,14H,4-5H2,1H3,(H,15,16). The van der Waals surface area contributed by atoms with Gasteiger partial charge in [0.15, 0.2) is 6.10 Å². The van der Waals surface area contributed by atoms with E-state index in [9.17, 15) is 9.90 Å². The van der Waals surface area contributed by atoms with Gasteiger partial charge in [-0.05, 0) is 43.0 Å². The van der Waals surface area contributed by atoms with Crippen molar-refractivity contribution in [3.8, 4) is 0 Å². The molecule has 86 valence electrons. The highest BCUT2D eigenvalue weighted by molar-refractivity contribution is 6.30. The number of benzene rings is 1. The van der Waals surface area contributed by atoms with Crippen molar-refractivity contribution in [1.82, 2.24) is 0 Å². The van der Waals surface area contributed by atoms with Crippen LogP contribution in [0.15, 0.2) is 18.2 Å². The van der Waals surface area contributed by atoms with Crippen LogP contribution in [0.2, 0.25) is 5.02 Å². The topological polar surface area (TPSA) is 57.5 Å². The molecule has 1 aromatic carbocycles. The van der Waals surface area contributed by atoms with Gasteiger partial charge in [-0.3, -0.25) is 0 Å². The van der Waals surface area contributed by atoms with Crippen LogP contribution >= 0.6 is 11.6 Å². The summed E-state index contributed by atoms with van der Waals surface area (Å²) in [5, 5.41) is 19.2. The molecule has 16 heavy (non-hydrogen) atoms. The van der Waals surface area contributed by atoms with Crippen molar-refractivity contribution in [3.63, 3.8) is 0 Å². The maximum absolute atomic E-state index is 10.9. The zero-order valence-corrected chi connectivity index (χ0v) is 9.66. The summed E-state index contributed by atoms with van der Waals surface area (Å²) in [6.45, 7) is 1.88. The van der Waals surface area contributed by atoms with E-state index in [0.717, 1.165) is 11.1 Å². The minimum Gasteiger partial charge on any atom is -0.479 e. The van der Waals surface area contributed by atoms with Crippen LogP contribution in [-0.4, -0.2) is 22.3 Å². The minimum absolute atomic E-state index is 0.597. The summed E-state index contributed by atoms with van der Waals surface area (Å²) in [6, 6.07) is 5.35. The number of hydrogen-bond donors (Lipinski definition) is 2. The maximum Gasteiger partial charge on any atom is 0.333 e. The molecule has 1 atom stereocenters. The van der Waals surface area contributed by atoms with Gasteiger partial charge in [-0.2, -0.15) is 0 Å². The van der Waals surface area contributed by atoms with E-state index in [-0.39, 0.29) is 0 Å². The molecule has 0 aliphatic heterocycles. The van der Waals surface area contributed by atoms with Crippen LogP contribution in [0.5, 0.6) is 0 Å². The molecule has 3 nitrogen and oxygen atoms in total. The maximum atomic E-state index is 10.9. The van der Waals surface area contributed by atoms with Crippen molar-refractivity contribution in [3.05, 3.63) is 34.3 Å². The Morgan fingerprint density at radius 1 is 1.50 bits per heavy atom. The molecule has 1 aliphatic carbocycles. The van der Waals surface area contributed by atoms with Crippen molar-refractivity contribution >= 4 is 17.6 Å². The van der Waals surface area contributed by atoms with Gasteiger partial charge < -0.3 is 10.2 Å². The normalized spacial score (nSPS) is 19.2. The third-order valence-corrected chi connectivity index (χ3v) is 3.51. The molecule has 0 saturated heterocycles. The molecule has 0 heterocycles. The molecule has 0 radical (unpaired) electrons. The Hall–Kier alpha value is -1.06. The van der Waals surface area contributed by atoms with E-state index in [4.69, 9.17) is 16.7 Å². The lowest BCUT2D eigenvalue weighted by Crippen LogP contribution is -2.34. The number of aliphatic hydroxyl groups excluding tert-OH is 1. The Labute approximate surface area is 98.7 Å². The summed E-state index contributed by atoms with van der Waals surface area (Å²) in [4.78, 5) is 10.9. The van der Waals surface area contributed by atoms with Crippen molar-refractivity contribution in [2.24, 2.45) is 0 Å². The first-order valence-electron chi connectivity index (χ1n) is 5.15. The Morgan fingerprint density at radius 2 is 2.12 bits per heavy atom. The van der Waals surface area contributed by atoms with Gasteiger partial charge in [-0.25, -0.2) is 4.79 Å². The fraction of sp³-hybridized carbons (Fsp3) is 0.417. The van der Waals surface area contributed by atoms with Gasteiger partial charge in [0.2, 0.25) is 0 Å². The molecule has 4 heteroatoms. The summed E-state index contributed by atoms with van der Waals surface area (Å²) in [5.74, 6) is -1.16. The zero-order valence-electron chi connectivity index (χ0n) is 8.90. The predicted molar refractivity (Wildman–Crippen MR) is 60.7 cm³/mol. The summed E-state index contributed by atoms with van der Waals surface area (Å²) >= 11 is 5.85. The third kappa shape index (κ3) is 1.70. The predicted octanol–water partition coefficient (Wildman–Crippen LogP) is 2.13. The van der Waals surface area contributed by atoms with Crippen LogP contribution < -0.4 is 0 Å². The van der Waals surface area contributed by atoms with Crippen molar-refractivity contribution in [2.45, 2.75) is 31.3 Å². The smallest absolute Gasteiger partial charge is 0.333 e. The molecule has 2 rings (SSSR count). The quantitative estimate of drug-likeness (QED) is 0.851. The number of carboxylic acids is 1. The van der Waals surface area contributed by atoms with Crippen molar-refractivity contribution < 1.29 is 15.0 Å². The molecule has 1 saturated carbocycles. The van der Waals surface area contributed by atoms with Gasteiger partial charge in [0.25, 0.3) is 0 Å². The van der Waals surface area contributed by atoms with Crippen LogP contribution in [0, 0.1) is 6.92 Å². The van der Waals surface area contributed by atoms with E-state index in [1.165, 1.54) is 0 Å². The first-order chi connectivity index (χ1) is 7.47. The Balaban J connectivity index is 2.40. The van der Waals surface area contributed by atoms with Crippen LogP contribution in [0.4, 0.5) is 0 Å². The molecule has 0 aromatic heterocycles. The first-order valence-corrected chi connectivity index (χ1v) is 5.53. The van der Waals surface area contributed by atoms with Gasteiger partial charge >= 0.3 is 5.97 Å². The number of halogens is 1. The second-order valence-corrected chi connectivity index (χ2v) is 4.79. The lowest BCUT2D eigenvalue weighted by molar-refractivity contribution is -0.148. The second kappa shape index (κ2) is 3.75. The highest BCUT2D eigenvalue weighted by Gasteiger charge is 2.54. The van der Waals surface area contributed by atoms with E-state index in [1.807, 2.05) is 13.0 Å². The first kappa shape index (κ1) is 11.4. The van der Waals surface area contributed by atoms with Gasteiger partial charge in [0.05, 0.1) is 0 Å². The lowest BCUT2D eigenvalue weighted by Gasteiger charge is -2.21. The summed E-state index contributed by atoms with van der Waals surface area (Å²) in [5.41, 5.74) is 1.23. The average molecular weight is 241 g/mol. The molecule has 0 spiro atoms. The van der Waals surface area contributed by atoms with E-state index in [2.05, 4.69) is 0 Å². The molecular formula is C12H13ClO3. The van der Waals surface area contributed by atoms with Gasteiger partial charge in [-0.15, -0.1) is 0 Å². The molecule has 1 fully saturated rings. The van der Waals surface area contributed by atoms with E-state index in [1.54, 1.807) is 12.1 Å². The number of aliphatic carboxylic acids is 1. The van der Waals surface area contributed by atoms with Crippen LogP contribution in [0.1, 0.15) is 24.0 Å². The molecule has 0 amide bonds. The molecule has 1 aromatic rings. The van der Waals surface area contributed by atoms with E-state index in [0.29, 0.717) is 17.9 Å². The fourth-order valence-electron chi connectivity index (χ4n) is 2.25. The van der Waals surface area contributed by atoms with Gasteiger partial charge in [-0.1, -0.05) is 17.7 Å². The summed E-state index contributed by atoms with van der Waals surface area (Å²) in [6.07, 6.45) is 0.0960. The number of aliphatic hydroxyl groups is 1. The number of carbonyl (C=O) groups is 1. The fourth-order valence-corrected chi connectivity index (χ4v) is 2.47. The lowest BCUT2D eigenvalue weighted by atomic mass is 9.87. The van der Waals surface area contributed by atoms with Crippen LogP contribution in [-0.2, 0) is 10.2 Å². The summed E-state index contributed by atoms with van der Waals surface area (Å²) < 4.78 is 0. The van der Waals surface area contributed by atoms with Gasteiger partial charge in [0, 0.05) is 10.4 Å². The third-order valence-electron chi connectivity index (χ3n) is 3.27. The molecule has 1 unspecified atom stereocenters. The van der Waals surface area contributed by atoms with E-state index >= 15 is 0 Å². The van der Waals surface area contributed by atoms with Crippen molar-refractivity contribution in [1.29, 1.82) is 0 Å². The SMILES string of the molecule is Cc1cc(Cl)ccc1C1(C(O)C(=O)O)CC1. The number of aryl methyl sites for hydroxylation is 1. The summed E-state index contributed by atoms with van der Waals surface area (Å²) in [7, 11) is 0. The highest BCUT2D eigenvalue weighted by Crippen LogP contribution is 2.52. The second-order valence-electron chi connectivity index (χ2n) is 4.36. The largest absolute Gasteiger partial charge is 0.479 e. The van der Waals surface area contributed by atoms with Crippen LogP contribution in [0.3, 0.4) is 0 Å². The molecule has 1 aliphatic rings. The highest BCUT2D eigenvalue weighted by atomic mass is 35.5. The Kier molecular flexibility index (Phi) is 2.68. The zero-order chi connectivity index (χ0) is 11.9. The number of carboxylic acid groups (broad SMARTS) is 1. The monoisotopic (exact) mass is 240 g/mol. The average Bonchev–Trinajstić information content (AvgIpc) is 2.97. The molecule has 0 bridgehead atoms. The Bertz CT molecular complexity index is 438. The van der Waals surface area contributed by atoms with Crippen LogP contribution in [0.25, 0.3) is 0 Å². The number of rotatable bonds is 3. The Morgan fingerprint density at radius 3 is 2.56 bits per heavy atom. The van der Waals surface area contributed by atoms with E-state index < -0.39 is 17.5 Å². The number of hydrogen-bond acceptors (Lipinski definition) is 2. The minimum atomic E-state index is -1.33. The molecular weight excluding hydrogens is 228 g/mol. The van der Waals surface area contributed by atoms with Crippen molar-refractivity contribution in [2.75, 3.05) is 0 Å². The van der Waals surface area contributed by atoms with Gasteiger partial charge in [0.1, 0.15) is 0 Å².